The van der Waals surface area contributed by atoms with E-state index in [-0.39, 0.29) is 29.3 Å². The van der Waals surface area contributed by atoms with Gasteiger partial charge in [0.25, 0.3) is 5.91 Å². The minimum absolute atomic E-state index is 0.0506. The Labute approximate surface area is 208 Å². The second-order valence-corrected chi connectivity index (χ2v) is 10.2. The number of benzene rings is 3. The highest BCUT2D eigenvalue weighted by molar-refractivity contribution is 7.89. The number of carbonyl (C=O) groups is 2. The van der Waals surface area contributed by atoms with Crippen molar-refractivity contribution < 1.29 is 27.5 Å². The summed E-state index contributed by atoms with van der Waals surface area (Å²) in [6, 6.07) is 17.4. The first-order valence-corrected chi connectivity index (χ1v) is 12.6. The maximum absolute atomic E-state index is 13.1. The lowest BCUT2D eigenvalue weighted by Gasteiger charge is -2.26. The highest BCUT2D eigenvalue weighted by atomic mass is 35.5. The van der Waals surface area contributed by atoms with E-state index in [1.807, 2.05) is 0 Å². The van der Waals surface area contributed by atoms with Crippen LogP contribution in [0, 0.1) is 6.92 Å². The third-order valence-corrected chi connectivity index (χ3v) is 7.80. The number of nitrogens with zero attached hydrogens (tertiary/aromatic N) is 1. The number of amides is 1. The molecule has 0 aliphatic carbocycles. The van der Waals surface area contributed by atoms with Crippen LogP contribution < -0.4 is 10.1 Å². The fraction of sp³-hybridized carbons (Fsp3) is 0.200. The molecular formula is C25H23ClN2O6S. The summed E-state index contributed by atoms with van der Waals surface area (Å²) in [5.74, 6) is -0.946. The molecule has 1 aliphatic heterocycles. The third kappa shape index (κ3) is 5.71. The number of carbonyl (C=O) groups excluding carboxylic acids is 2. The molecule has 3 aromatic rings. The average molecular weight is 515 g/mol. The average Bonchev–Trinajstić information content (AvgIpc) is 2.85. The van der Waals surface area contributed by atoms with E-state index in [1.54, 1.807) is 55.5 Å². The van der Waals surface area contributed by atoms with E-state index in [4.69, 9.17) is 21.1 Å². The van der Waals surface area contributed by atoms with Gasteiger partial charge in [0, 0.05) is 24.8 Å². The van der Waals surface area contributed by atoms with Crippen molar-refractivity contribution in [3.05, 3.63) is 88.4 Å². The Morgan fingerprint density at radius 1 is 1.00 bits per heavy atom. The van der Waals surface area contributed by atoms with E-state index in [0.717, 1.165) is 0 Å². The zero-order chi connectivity index (χ0) is 25.0. The van der Waals surface area contributed by atoms with Gasteiger partial charge in [-0.3, -0.25) is 4.79 Å². The van der Waals surface area contributed by atoms with E-state index < -0.39 is 21.9 Å². The zero-order valence-corrected chi connectivity index (χ0v) is 20.4. The lowest BCUT2D eigenvalue weighted by molar-refractivity contribution is 0.0727. The number of anilines is 1. The summed E-state index contributed by atoms with van der Waals surface area (Å²) in [6.45, 7) is 2.83. The summed E-state index contributed by atoms with van der Waals surface area (Å²) in [5.41, 5.74) is 1.33. The van der Waals surface area contributed by atoms with Crippen molar-refractivity contribution in [2.45, 2.75) is 11.8 Å². The number of hydrogen-bond acceptors (Lipinski definition) is 6. The van der Waals surface area contributed by atoms with Gasteiger partial charge in [-0.2, -0.15) is 4.31 Å². The van der Waals surface area contributed by atoms with Gasteiger partial charge in [0.2, 0.25) is 10.0 Å². The van der Waals surface area contributed by atoms with Crippen molar-refractivity contribution in [1.82, 2.24) is 4.31 Å². The maximum atomic E-state index is 13.1. The van der Waals surface area contributed by atoms with E-state index >= 15 is 0 Å². The molecule has 3 aromatic carbocycles. The molecule has 182 valence electrons. The smallest absolute Gasteiger partial charge is 0.343 e. The van der Waals surface area contributed by atoms with Crippen LogP contribution in [0.2, 0.25) is 5.02 Å². The number of morpholine rings is 1. The summed E-state index contributed by atoms with van der Waals surface area (Å²) in [4.78, 5) is 25.4. The Hall–Kier alpha value is -3.24. The molecule has 1 N–H and O–H groups in total. The highest BCUT2D eigenvalue weighted by Gasteiger charge is 2.28. The van der Waals surface area contributed by atoms with Gasteiger partial charge in [0.05, 0.1) is 34.3 Å². The van der Waals surface area contributed by atoms with E-state index in [1.165, 1.54) is 22.5 Å². The molecule has 10 heteroatoms. The second kappa shape index (κ2) is 10.6. The minimum atomic E-state index is -3.78. The van der Waals surface area contributed by atoms with Crippen molar-refractivity contribution in [3.8, 4) is 5.75 Å². The Bertz CT molecular complexity index is 1370. The standard InChI is InChI=1S/C25H23ClN2O6S/c1-17-9-10-18(15-23(17)35(31,32)28-11-13-33-14-12-28)25(30)34-20-6-4-5-19(16-20)27-24(29)21-7-2-3-8-22(21)26/h2-10,15-16H,11-14H2,1H3,(H,27,29). The number of esters is 1. The summed E-state index contributed by atoms with van der Waals surface area (Å²) < 4.78 is 38.2. The van der Waals surface area contributed by atoms with Gasteiger partial charge >= 0.3 is 5.97 Å². The minimum Gasteiger partial charge on any atom is -0.423 e. The first kappa shape index (κ1) is 24.9. The number of hydrogen-bond donors (Lipinski definition) is 1. The molecular weight excluding hydrogens is 492 g/mol. The van der Waals surface area contributed by atoms with Crippen LogP contribution in [0.4, 0.5) is 5.69 Å². The normalized spacial score (nSPS) is 14.3. The molecule has 0 saturated carbocycles. The number of aryl methyl sites for hydroxylation is 1. The summed E-state index contributed by atoms with van der Waals surface area (Å²) >= 11 is 6.08. The summed E-state index contributed by atoms with van der Waals surface area (Å²) in [5, 5.41) is 3.03. The predicted molar refractivity (Wildman–Crippen MR) is 132 cm³/mol. The maximum Gasteiger partial charge on any atom is 0.343 e. The zero-order valence-electron chi connectivity index (χ0n) is 18.9. The molecule has 0 aromatic heterocycles. The predicted octanol–water partition coefficient (Wildman–Crippen LogP) is 4.14. The van der Waals surface area contributed by atoms with Gasteiger partial charge in [-0.15, -0.1) is 0 Å². The molecule has 1 amide bonds. The molecule has 0 spiro atoms. The first-order chi connectivity index (χ1) is 16.8. The molecule has 35 heavy (non-hydrogen) atoms. The van der Waals surface area contributed by atoms with Gasteiger partial charge in [0.1, 0.15) is 5.75 Å². The van der Waals surface area contributed by atoms with Crippen LogP contribution in [0.3, 0.4) is 0 Å². The quantitative estimate of drug-likeness (QED) is 0.392. The van der Waals surface area contributed by atoms with Crippen LogP contribution in [-0.4, -0.2) is 50.9 Å². The van der Waals surface area contributed by atoms with Crippen LogP contribution in [-0.2, 0) is 14.8 Å². The van der Waals surface area contributed by atoms with E-state index in [0.29, 0.717) is 35.1 Å². The van der Waals surface area contributed by atoms with Crippen molar-refractivity contribution in [2.24, 2.45) is 0 Å². The first-order valence-electron chi connectivity index (χ1n) is 10.8. The number of sulfonamides is 1. The Morgan fingerprint density at radius 3 is 2.49 bits per heavy atom. The molecule has 1 aliphatic rings. The lowest BCUT2D eigenvalue weighted by Crippen LogP contribution is -2.40. The van der Waals surface area contributed by atoms with Crippen LogP contribution in [0.25, 0.3) is 0 Å². The lowest BCUT2D eigenvalue weighted by atomic mass is 10.1. The van der Waals surface area contributed by atoms with E-state index in [9.17, 15) is 18.0 Å². The summed E-state index contributed by atoms with van der Waals surface area (Å²) in [7, 11) is -3.78. The number of halogens is 1. The van der Waals surface area contributed by atoms with Gasteiger partial charge < -0.3 is 14.8 Å². The van der Waals surface area contributed by atoms with Gasteiger partial charge in [-0.05, 0) is 48.9 Å². The van der Waals surface area contributed by atoms with Crippen molar-refractivity contribution in [3.63, 3.8) is 0 Å². The van der Waals surface area contributed by atoms with Gasteiger partial charge in [-0.25, -0.2) is 13.2 Å². The molecule has 8 nitrogen and oxygen atoms in total. The molecule has 1 fully saturated rings. The molecule has 1 saturated heterocycles. The largest absolute Gasteiger partial charge is 0.423 e. The van der Waals surface area contributed by atoms with Crippen molar-refractivity contribution >= 4 is 39.2 Å². The highest BCUT2D eigenvalue weighted by Crippen LogP contribution is 2.25. The molecule has 0 bridgehead atoms. The SMILES string of the molecule is Cc1ccc(C(=O)Oc2cccc(NC(=O)c3ccccc3Cl)c2)cc1S(=O)(=O)N1CCOCC1. The van der Waals surface area contributed by atoms with E-state index in [2.05, 4.69) is 5.32 Å². The molecule has 0 unspecified atom stereocenters. The van der Waals surface area contributed by atoms with Crippen molar-refractivity contribution in [1.29, 1.82) is 0 Å². The second-order valence-electron chi connectivity index (χ2n) is 7.85. The summed E-state index contributed by atoms with van der Waals surface area (Å²) in [6.07, 6.45) is 0. The molecule has 4 rings (SSSR count). The molecule has 1 heterocycles. The Kier molecular flexibility index (Phi) is 7.51. The molecule has 0 radical (unpaired) electrons. The topological polar surface area (TPSA) is 102 Å². The fourth-order valence-electron chi connectivity index (χ4n) is 3.58. The number of rotatable bonds is 6. The monoisotopic (exact) mass is 514 g/mol. The van der Waals surface area contributed by atoms with Crippen LogP contribution in [0.5, 0.6) is 5.75 Å². The fourth-order valence-corrected chi connectivity index (χ4v) is 5.46. The van der Waals surface area contributed by atoms with Crippen LogP contribution in [0.1, 0.15) is 26.3 Å². The van der Waals surface area contributed by atoms with Crippen LogP contribution in [0.15, 0.2) is 71.6 Å². The number of ether oxygens (including phenoxy) is 2. The number of nitrogens with one attached hydrogen (secondary N) is 1. The Balaban J connectivity index is 1.51. The van der Waals surface area contributed by atoms with Crippen LogP contribution >= 0.6 is 11.6 Å². The van der Waals surface area contributed by atoms with Gasteiger partial charge in [-0.1, -0.05) is 35.9 Å². The molecule has 0 atom stereocenters. The Morgan fingerprint density at radius 2 is 1.74 bits per heavy atom. The van der Waals surface area contributed by atoms with Crippen molar-refractivity contribution in [2.75, 3.05) is 31.6 Å². The third-order valence-electron chi connectivity index (χ3n) is 5.43. The van der Waals surface area contributed by atoms with Gasteiger partial charge in [0.15, 0.2) is 0 Å².